The lowest BCUT2D eigenvalue weighted by Gasteiger charge is -2.36. The lowest BCUT2D eigenvalue weighted by molar-refractivity contribution is -0.141. The zero-order valence-electron chi connectivity index (χ0n) is 20.0. The summed E-state index contributed by atoms with van der Waals surface area (Å²) in [7, 11) is 0. The number of hydrogen-bond donors (Lipinski definition) is 1. The molecule has 4 rings (SSSR count). The van der Waals surface area contributed by atoms with Gasteiger partial charge in [-0.1, -0.05) is 0 Å². The number of aromatic nitrogens is 2. The van der Waals surface area contributed by atoms with Gasteiger partial charge >= 0.3 is 12.4 Å². The highest BCUT2D eigenvalue weighted by atomic mass is 19.4. The maximum Gasteiger partial charge on any atom is 0.433 e. The summed E-state index contributed by atoms with van der Waals surface area (Å²) < 4.78 is 76.8. The van der Waals surface area contributed by atoms with Gasteiger partial charge in [-0.3, -0.25) is 14.7 Å². The van der Waals surface area contributed by atoms with E-state index < -0.39 is 23.6 Å². The topological polar surface area (TPSA) is 64.6 Å². The molecule has 0 unspecified atom stereocenters. The Labute approximate surface area is 210 Å². The second kappa shape index (κ2) is 11.1. The average Bonchev–Trinajstić information content (AvgIpc) is 2.87. The monoisotopic (exact) mass is 530 g/mol. The van der Waals surface area contributed by atoms with Crippen LogP contribution in [0.1, 0.15) is 30.5 Å². The predicted octanol–water partition coefficient (Wildman–Crippen LogP) is 4.13. The normalized spacial score (nSPS) is 18.2. The fraction of sp³-hybridized carbons (Fsp3) is 0.542. The third-order valence-corrected chi connectivity index (χ3v) is 6.68. The lowest BCUT2D eigenvalue weighted by atomic mass is 10.0. The van der Waals surface area contributed by atoms with Gasteiger partial charge in [-0.25, -0.2) is 4.98 Å². The van der Waals surface area contributed by atoms with Crippen molar-refractivity contribution in [2.24, 2.45) is 0 Å². The second-order valence-corrected chi connectivity index (χ2v) is 9.21. The third kappa shape index (κ3) is 7.24. The van der Waals surface area contributed by atoms with Gasteiger partial charge in [0.05, 0.1) is 5.56 Å². The Hall–Kier alpha value is -3.09. The number of rotatable bonds is 6. The first kappa shape index (κ1) is 27.0. The number of piperidine rings is 1. The number of nitrogens with zero attached hydrogens (tertiary/aromatic N) is 5. The molecule has 0 atom stereocenters. The number of piperazine rings is 1. The van der Waals surface area contributed by atoms with Crippen LogP contribution in [0.3, 0.4) is 0 Å². The van der Waals surface area contributed by atoms with Gasteiger partial charge < -0.3 is 15.1 Å². The van der Waals surface area contributed by atoms with Crippen molar-refractivity contribution in [1.82, 2.24) is 19.8 Å². The molecule has 2 aromatic rings. The molecule has 2 saturated heterocycles. The molecule has 0 saturated carbocycles. The number of alkyl halides is 6. The van der Waals surface area contributed by atoms with E-state index in [2.05, 4.69) is 20.2 Å². The number of nitrogens with one attached hydrogen (secondary N) is 1. The third-order valence-electron chi connectivity index (χ3n) is 6.68. The second-order valence-electron chi connectivity index (χ2n) is 9.21. The molecule has 2 aliphatic rings. The highest BCUT2D eigenvalue weighted by molar-refractivity contribution is 5.76. The summed E-state index contributed by atoms with van der Waals surface area (Å²) in [4.78, 5) is 25.9. The van der Waals surface area contributed by atoms with E-state index in [9.17, 15) is 31.1 Å². The van der Waals surface area contributed by atoms with Crippen molar-refractivity contribution < 1.29 is 31.1 Å². The van der Waals surface area contributed by atoms with Crippen molar-refractivity contribution in [3.05, 3.63) is 47.9 Å². The number of halogens is 6. The Bertz CT molecular complexity index is 1040. The molecule has 1 amide bonds. The molecule has 0 radical (unpaired) electrons. The highest BCUT2D eigenvalue weighted by Gasteiger charge is 2.33. The number of hydrogen-bond acceptors (Lipinski definition) is 6. The maximum atomic E-state index is 12.9. The number of carbonyl (C=O) groups excluding carboxylic acids is 1. The molecule has 2 aliphatic heterocycles. The van der Waals surface area contributed by atoms with E-state index in [4.69, 9.17) is 0 Å². The van der Waals surface area contributed by atoms with Crippen LogP contribution in [0.5, 0.6) is 0 Å². The van der Waals surface area contributed by atoms with Crippen molar-refractivity contribution in [2.75, 3.05) is 56.0 Å². The van der Waals surface area contributed by atoms with Gasteiger partial charge in [0.15, 0.2) is 0 Å². The number of pyridine rings is 2. The van der Waals surface area contributed by atoms with E-state index in [1.165, 1.54) is 12.1 Å². The van der Waals surface area contributed by atoms with Crippen LogP contribution < -0.4 is 10.2 Å². The first-order chi connectivity index (χ1) is 17.5. The van der Waals surface area contributed by atoms with E-state index in [0.717, 1.165) is 24.5 Å². The predicted molar refractivity (Wildman–Crippen MR) is 125 cm³/mol. The average molecular weight is 531 g/mol. The summed E-state index contributed by atoms with van der Waals surface area (Å²) in [6.07, 6.45) is -5.32. The van der Waals surface area contributed by atoms with Crippen molar-refractivity contribution in [2.45, 2.75) is 37.7 Å². The fourth-order valence-electron chi connectivity index (χ4n) is 4.54. The molecule has 13 heteroatoms. The number of anilines is 2. The summed E-state index contributed by atoms with van der Waals surface area (Å²) in [5, 5.41) is 3.11. The molecule has 202 valence electrons. The van der Waals surface area contributed by atoms with Gasteiger partial charge in [-0.05, 0) is 37.1 Å². The largest absolute Gasteiger partial charge is 0.433 e. The standard InChI is InChI=1S/C24H28F6N6O/c25-23(26,27)17-1-2-21(32-16-17)35-13-11-34(12-14-35)8-6-22(37)36-9-4-18(5-10-36)33-19-3-7-31-20(15-19)24(28,29)30/h1-3,7,15-16,18H,4-6,8-14H2,(H,31,33). The minimum Gasteiger partial charge on any atom is -0.382 e. The Balaban J connectivity index is 1.16. The smallest absolute Gasteiger partial charge is 0.382 e. The SMILES string of the molecule is O=C(CCN1CCN(c2ccc(C(F)(F)F)cn2)CC1)N1CCC(Nc2ccnc(C(F)(F)F)c2)CC1. The molecule has 4 heterocycles. The molecule has 0 bridgehead atoms. The first-order valence-electron chi connectivity index (χ1n) is 12.1. The lowest BCUT2D eigenvalue weighted by Crippen LogP contribution is -2.48. The van der Waals surface area contributed by atoms with E-state index in [1.54, 1.807) is 4.90 Å². The number of amides is 1. The fourth-order valence-corrected chi connectivity index (χ4v) is 4.54. The summed E-state index contributed by atoms with van der Waals surface area (Å²) in [5.41, 5.74) is -1.36. The minimum atomic E-state index is -4.50. The molecule has 0 spiro atoms. The number of carbonyl (C=O) groups is 1. The van der Waals surface area contributed by atoms with Crippen LogP contribution in [0.15, 0.2) is 36.7 Å². The van der Waals surface area contributed by atoms with Crippen LogP contribution in [-0.4, -0.2) is 77.5 Å². The van der Waals surface area contributed by atoms with E-state index >= 15 is 0 Å². The van der Waals surface area contributed by atoms with Gasteiger partial charge in [0, 0.05) is 76.4 Å². The zero-order valence-corrected chi connectivity index (χ0v) is 20.0. The molecule has 2 aromatic heterocycles. The molecule has 1 N–H and O–H groups in total. The Kier molecular flexibility index (Phi) is 8.10. The molecule has 0 aliphatic carbocycles. The molecular weight excluding hydrogens is 502 g/mol. The summed E-state index contributed by atoms with van der Waals surface area (Å²) >= 11 is 0. The first-order valence-corrected chi connectivity index (χ1v) is 12.1. The number of likely N-dealkylation sites (tertiary alicyclic amines) is 1. The van der Waals surface area contributed by atoms with Gasteiger partial charge in [-0.2, -0.15) is 26.3 Å². The van der Waals surface area contributed by atoms with Crippen LogP contribution in [0.4, 0.5) is 37.8 Å². The van der Waals surface area contributed by atoms with Crippen LogP contribution >= 0.6 is 0 Å². The molecule has 0 aromatic carbocycles. The zero-order chi connectivity index (χ0) is 26.6. The maximum absolute atomic E-state index is 12.9. The van der Waals surface area contributed by atoms with Crippen LogP contribution in [0.25, 0.3) is 0 Å². The van der Waals surface area contributed by atoms with Crippen molar-refractivity contribution in [1.29, 1.82) is 0 Å². The molecular formula is C24H28F6N6O. The van der Waals surface area contributed by atoms with Gasteiger partial charge in [-0.15, -0.1) is 0 Å². The highest BCUT2D eigenvalue weighted by Crippen LogP contribution is 2.30. The van der Waals surface area contributed by atoms with Crippen molar-refractivity contribution in [3.63, 3.8) is 0 Å². The Morgan fingerprint density at radius 3 is 2.22 bits per heavy atom. The Morgan fingerprint density at radius 1 is 0.919 bits per heavy atom. The van der Waals surface area contributed by atoms with Crippen LogP contribution in [-0.2, 0) is 17.1 Å². The van der Waals surface area contributed by atoms with E-state index in [-0.39, 0.29) is 11.9 Å². The summed E-state index contributed by atoms with van der Waals surface area (Å²) in [5.74, 6) is 0.537. The van der Waals surface area contributed by atoms with Gasteiger partial charge in [0.1, 0.15) is 11.5 Å². The van der Waals surface area contributed by atoms with Crippen molar-refractivity contribution in [3.8, 4) is 0 Å². The summed E-state index contributed by atoms with van der Waals surface area (Å²) in [6, 6.07) is 4.87. The van der Waals surface area contributed by atoms with Crippen LogP contribution in [0.2, 0.25) is 0 Å². The Morgan fingerprint density at radius 2 is 1.62 bits per heavy atom. The molecule has 37 heavy (non-hydrogen) atoms. The van der Waals surface area contributed by atoms with Gasteiger partial charge in [0.25, 0.3) is 0 Å². The molecule has 7 nitrogen and oxygen atoms in total. The van der Waals surface area contributed by atoms with Crippen molar-refractivity contribution >= 4 is 17.4 Å². The van der Waals surface area contributed by atoms with Gasteiger partial charge in [0.2, 0.25) is 5.91 Å². The minimum absolute atomic E-state index is 0.0283. The molecule has 2 fully saturated rings. The van der Waals surface area contributed by atoms with E-state index in [1.807, 2.05) is 4.90 Å². The summed E-state index contributed by atoms with van der Waals surface area (Å²) in [6.45, 7) is 4.20. The van der Waals surface area contributed by atoms with E-state index in [0.29, 0.717) is 76.6 Å². The quantitative estimate of drug-likeness (QED) is 0.567. The van der Waals surface area contributed by atoms with Crippen LogP contribution in [0, 0.1) is 0 Å².